The molecule has 4 nitrogen and oxygen atoms in total. The number of hydrogen-bond acceptors (Lipinski definition) is 3. The minimum absolute atomic E-state index is 0.0723. The van der Waals surface area contributed by atoms with E-state index in [2.05, 4.69) is 5.32 Å². The summed E-state index contributed by atoms with van der Waals surface area (Å²) in [5, 5.41) is 11.7. The van der Waals surface area contributed by atoms with E-state index in [-0.39, 0.29) is 17.0 Å². The Labute approximate surface area is 103 Å². The molecule has 0 radical (unpaired) electrons. The van der Waals surface area contributed by atoms with Crippen molar-refractivity contribution in [2.75, 3.05) is 11.1 Å². The van der Waals surface area contributed by atoms with Crippen LogP contribution in [0, 0.1) is 5.82 Å². The molecule has 0 saturated heterocycles. The topological polar surface area (TPSA) is 75.4 Å². The van der Waals surface area contributed by atoms with Gasteiger partial charge in [-0.15, -0.1) is 0 Å². The van der Waals surface area contributed by atoms with Crippen molar-refractivity contribution >= 4 is 17.3 Å². The van der Waals surface area contributed by atoms with Crippen LogP contribution in [0.1, 0.15) is 10.4 Å². The van der Waals surface area contributed by atoms with Crippen molar-refractivity contribution in [3.05, 3.63) is 53.8 Å². The van der Waals surface area contributed by atoms with Crippen molar-refractivity contribution in [2.24, 2.45) is 0 Å². The molecule has 4 N–H and O–H groups in total. The van der Waals surface area contributed by atoms with Crippen molar-refractivity contribution in [1.29, 1.82) is 0 Å². The average Bonchev–Trinajstić information content (AvgIpc) is 2.35. The fraction of sp³-hybridized carbons (Fsp3) is 0. The van der Waals surface area contributed by atoms with Crippen molar-refractivity contribution in [3.63, 3.8) is 0 Å². The minimum Gasteiger partial charge on any atom is -0.508 e. The molecule has 92 valence electrons. The molecule has 1 amide bonds. The molecule has 2 aromatic rings. The molecule has 0 saturated carbocycles. The molecule has 18 heavy (non-hydrogen) atoms. The highest BCUT2D eigenvalue weighted by molar-refractivity contribution is 6.07. The third kappa shape index (κ3) is 2.57. The van der Waals surface area contributed by atoms with E-state index in [0.717, 1.165) is 6.07 Å². The highest BCUT2D eigenvalue weighted by Gasteiger charge is 2.11. The molecule has 5 heteroatoms. The first-order valence-corrected chi connectivity index (χ1v) is 5.21. The zero-order valence-electron chi connectivity index (χ0n) is 9.35. The van der Waals surface area contributed by atoms with Gasteiger partial charge >= 0.3 is 0 Å². The number of hydrogen-bond donors (Lipinski definition) is 3. The molecular formula is C13H11FN2O2. The van der Waals surface area contributed by atoms with Crippen LogP contribution >= 0.6 is 0 Å². The quantitative estimate of drug-likeness (QED) is 0.562. The van der Waals surface area contributed by atoms with Crippen LogP contribution in [0.4, 0.5) is 15.8 Å². The van der Waals surface area contributed by atoms with Gasteiger partial charge in [-0.3, -0.25) is 4.79 Å². The number of phenolic OH excluding ortho intramolecular Hbond substituents is 1. The zero-order valence-corrected chi connectivity index (χ0v) is 9.35. The predicted molar refractivity (Wildman–Crippen MR) is 66.9 cm³/mol. The third-order valence-corrected chi connectivity index (χ3v) is 2.39. The van der Waals surface area contributed by atoms with Crippen molar-refractivity contribution in [1.82, 2.24) is 0 Å². The summed E-state index contributed by atoms with van der Waals surface area (Å²) in [5.74, 6) is -0.934. The Hall–Kier alpha value is -2.56. The van der Waals surface area contributed by atoms with Crippen LogP contribution in [0.2, 0.25) is 0 Å². The lowest BCUT2D eigenvalue weighted by Gasteiger charge is -2.07. The van der Waals surface area contributed by atoms with Gasteiger partial charge in [0.25, 0.3) is 5.91 Å². The number of nitrogens with two attached hydrogens (primary N) is 1. The summed E-state index contributed by atoms with van der Waals surface area (Å²) in [5.41, 5.74) is 6.36. The molecule has 0 atom stereocenters. The summed E-state index contributed by atoms with van der Waals surface area (Å²) in [6.07, 6.45) is 0. The highest BCUT2D eigenvalue weighted by Crippen LogP contribution is 2.18. The normalized spacial score (nSPS) is 10.1. The van der Waals surface area contributed by atoms with Gasteiger partial charge in [-0.25, -0.2) is 4.39 Å². The van der Waals surface area contributed by atoms with Crippen LogP contribution < -0.4 is 11.1 Å². The van der Waals surface area contributed by atoms with Gasteiger partial charge in [-0.1, -0.05) is 0 Å². The fourth-order valence-electron chi connectivity index (χ4n) is 1.47. The van der Waals surface area contributed by atoms with Crippen LogP contribution in [-0.4, -0.2) is 11.0 Å². The standard InChI is InChI=1S/C13H11FN2O2/c14-8-1-6-12(15)11(7-8)13(18)16-9-2-4-10(17)5-3-9/h1-7,17H,15H2,(H,16,18). The largest absolute Gasteiger partial charge is 0.508 e. The smallest absolute Gasteiger partial charge is 0.257 e. The van der Waals surface area contributed by atoms with E-state index in [9.17, 15) is 9.18 Å². The van der Waals surface area contributed by atoms with Crippen LogP contribution in [0.15, 0.2) is 42.5 Å². The van der Waals surface area contributed by atoms with Gasteiger partial charge in [0, 0.05) is 11.4 Å². The van der Waals surface area contributed by atoms with E-state index in [4.69, 9.17) is 10.8 Å². The summed E-state index contributed by atoms with van der Waals surface area (Å²) in [6.45, 7) is 0. The van der Waals surface area contributed by atoms with E-state index >= 15 is 0 Å². The number of amides is 1. The molecule has 0 aromatic heterocycles. The van der Waals surface area contributed by atoms with Gasteiger partial charge < -0.3 is 16.2 Å². The second-order valence-corrected chi connectivity index (χ2v) is 3.73. The molecule has 2 aromatic carbocycles. The Morgan fingerprint density at radius 3 is 2.50 bits per heavy atom. The van der Waals surface area contributed by atoms with Crippen molar-refractivity contribution in [3.8, 4) is 5.75 Å². The molecule has 0 spiro atoms. The summed E-state index contributed by atoms with van der Waals surface area (Å²) in [6, 6.07) is 9.53. The van der Waals surface area contributed by atoms with Crippen LogP contribution in [-0.2, 0) is 0 Å². The number of nitrogens with one attached hydrogen (secondary N) is 1. The predicted octanol–water partition coefficient (Wildman–Crippen LogP) is 2.37. The number of anilines is 2. The molecule has 0 aliphatic rings. The lowest BCUT2D eigenvalue weighted by molar-refractivity contribution is 0.102. The van der Waals surface area contributed by atoms with E-state index in [1.54, 1.807) is 0 Å². The number of nitrogen functional groups attached to an aromatic ring is 1. The van der Waals surface area contributed by atoms with E-state index in [1.807, 2.05) is 0 Å². The summed E-state index contributed by atoms with van der Waals surface area (Å²) in [4.78, 5) is 11.9. The second kappa shape index (κ2) is 4.75. The molecule has 0 unspecified atom stereocenters. The first kappa shape index (κ1) is 11.9. The Morgan fingerprint density at radius 2 is 1.83 bits per heavy atom. The first-order chi connectivity index (χ1) is 8.56. The Balaban J connectivity index is 2.21. The second-order valence-electron chi connectivity index (χ2n) is 3.73. The highest BCUT2D eigenvalue weighted by atomic mass is 19.1. The molecule has 0 heterocycles. The van der Waals surface area contributed by atoms with Crippen LogP contribution in [0.25, 0.3) is 0 Å². The maximum atomic E-state index is 13.0. The molecular weight excluding hydrogens is 235 g/mol. The fourth-order valence-corrected chi connectivity index (χ4v) is 1.47. The monoisotopic (exact) mass is 246 g/mol. The number of halogens is 1. The number of aromatic hydroxyl groups is 1. The Bertz CT molecular complexity index is 582. The Kier molecular flexibility index (Phi) is 3.14. The maximum Gasteiger partial charge on any atom is 0.257 e. The van der Waals surface area contributed by atoms with E-state index in [1.165, 1.54) is 36.4 Å². The van der Waals surface area contributed by atoms with E-state index < -0.39 is 11.7 Å². The van der Waals surface area contributed by atoms with Gasteiger partial charge in [0.15, 0.2) is 0 Å². The lowest BCUT2D eigenvalue weighted by atomic mass is 10.1. The lowest BCUT2D eigenvalue weighted by Crippen LogP contribution is -2.14. The number of carbonyl (C=O) groups excluding carboxylic acids is 1. The van der Waals surface area contributed by atoms with Gasteiger partial charge in [-0.05, 0) is 42.5 Å². The summed E-state index contributed by atoms with van der Waals surface area (Å²) >= 11 is 0. The van der Waals surface area contributed by atoms with Crippen LogP contribution in [0.5, 0.6) is 5.75 Å². The number of rotatable bonds is 2. The SMILES string of the molecule is Nc1ccc(F)cc1C(=O)Nc1ccc(O)cc1. The maximum absolute atomic E-state index is 13.0. The van der Waals surface area contributed by atoms with E-state index in [0.29, 0.717) is 5.69 Å². The summed E-state index contributed by atoms with van der Waals surface area (Å²) in [7, 11) is 0. The number of benzene rings is 2. The number of carbonyl (C=O) groups is 1. The van der Waals surface area contributed by atoms with Crippen molar-refractivity contribution in [2.45, 2.75) is 0 Å². The number of phenols is 1. The van der Waals surface area contributed by atoms with Crippen molar-refractivity contribution < 1.29 is 14.3 Å². The Morgan fingerprint density at radius 1 is 1.17 bits per heavy atom. The summed E-state index contributed by atoms with van der Waals surface area (Å²) < 4.78 is 13.0. The van der Waals surface area contributed by atoms with Gasteiger partial charge in [-0.2, -0.15) is 0 Å². The zero-order chi connectivity index (χ0) is 13.1. The molecule has 0 aliphatic heterocycles. The van der Waals surface area contributed by atoms with Gasteiger partial charge in [0.2, 0.25) is 0 Å². The molecule has 0 fully saturated rings. The van der Waals surface area contributed by atoms with Crippen LogP contribution in [0.3, 0.4) is 0 Å². The molecule has 0 aliphatic carbocycles. The molecule has 0 bridgehead atoms. The third-order valence-electron chi connectivity index (χ3n) is 2.39. The minimum atomic E-state index is -0.528. The van der Waals surface area contributed by atoms with Gasteiger partial charge in [0.05, 0.1) is 5.56 Å². The van der Waals surface area contributed by atoms with Gasteiger partial charge in [0.1, 0.15) is 11.6 Å². The first-order valence-electron chi connectivity index (χ1n) is 5.21. The molecule has 2 rings (SSSR count). The average molecular weight is 246 g/mol.